The highest BCUT2D eigenvalue weighted by atomic mass is 16.7. The highest BCUT2D eigenvalue weighted by Crippen LogP contribution is 2.27. The number of amides is 2. The van der Waals surface area contributed by atoms with Gasteiger partial charge in [0.05, 0.1) is 19.3 Å². The maximum Gasteiger partial charge on any atom is 0.239 e. The van der Waals surface area contributed by atoms with Crippen molar-refractivity contribution in [1.82, 2.24) is 14.7 Å². The van der Waals surface area contributed by atoms with Gasteiger partial charge in [0.25, 0.3) is 0 Å². The minimum absolute atomic E-state index is 0.0437. The lowest BCUT2D eigenvalue weighted by Crippen LogP contribution is -2.56. The van der Waals surface area contributed by atoms with Crippen LogP contribution in [-0.4, -0.2) is 91.3 Å². The molecule has 136 valence electrons. The van der Waals surface area contributed by atoms with Gasteiger partial charge in [-0.3, -0.25) is 14.5 Å². The number of likely N-dealkylation sites (tertiary alicyclic amines) is 1. The van der Waals surface area contributed by atoms with E-state index in [1.807, 2.05) is 16.7 Å². The van der Waals surface area contributed by atoms with E-state index >= 15 is 0 Å². The topological polar surface area (TPSA) is 62.3 Å². The molecule has 0 saturated carbocycles. The summed E-state index contributed by atoms with van der Waals surface area (Å²) in [5, 5.41) is 0. The number of nitrogens with zero attached hydrogens (tertiary/aromatic N) is 3. The predicted molar refractivity (Wildman–Crippen MR) is 88.3 cm³/mol. The van der Waals surface area contributed by atoms with Crippen molar-refractivity contribution in [1.29, 1.82) is 0 Å². The Hall–Kier alpha value is -1.18. The van der Waals surface area contributed by atoms with E-state index in [0.717, 1.165) is 25.9 Å². The Bertz CT molecular complexity index is 451. The van der Waals surface area contributed by atoms with E-state index in [9.17, 15) is 9.59 Å². The van der Waals surface area contributed by atoms with E-state index < -0.39 is 0 Å². The zero-order valence-electron chi connectivity index (χ0n) is 14.8. The molecule has 1 unspecified atom stereocenters. The Labute approximate surface area is 143 Å². The summed E-state index contributed by atoms with van der Waals surface area (Å²) in [5.74, 6) is 0.726. The first-order chi connectivity index (χ1) is 11.6. The van der Waals surface area contributed by atoms with Crippen LogP contribution in [0.25, 0.3) is 0 Å². The minimum atomic E-state index is -0.0970. The largest absolute Gasteiger partial charge is 0.350 e. The van der Waals surface area contributed by atoms with Gasteiger partial charge >= 0.3 is 0 Å². The molecular formula is C17H29N3O4. The van der Waals surface area contributed by atoms with Crippen molar-refractivity contribution in [2.24, 2.45) is 5.92 Å². The second-order valence-corrected chi connectivity index (χ2v) is 6.99. The van der Waals surface area contributed by atoms with Crippen LogP contribution in [0.3, 0.4) is 0 Å². The van der Waals surface area contributed by atoms with Crippen molar-refractivity contribution in [3.63, 3.8) is 0 Å². The summed E-state index contributed by atoms with van der Waals surface area (Å²) in [5.41, 5.74) is 0. The second kappa shape index (κ2) is 7.80. The van der Waals surface area contributed by atoms with Gasteiger partial charge in [-0.05, 0) is 32.9 Å². The van der Waals surface area contributed by atoms with Gasteiger partial charge in [-0.1, -0.05) is 0 Å². The number of hydrogen-bond acceptors (Lipinski definition) is 5. The number of hydrogen-bond donors (Lipinski definition) is 0. The Morgan fingerprint density at radius 3 is 2.00 bits per heavy atom. The lowest BCUT2D eigenvalue weighted by Gasteiger charge is -2.40. The molecular weight excluding hydrogens is 310 g/mol. The highest BCUT2D eigenvalue weighted by Gasteiger charge is 2.34. The molecule has 3 fully saturated rings. The maximum absolute atomic E-state index is 12.7. The summed E-state index contributed by atoms with van der Waals surface area (Å²) < 4.78 is 11.2. The van der Waals surface area contributed by atoms with Gasteiger partial charge in [0, 0.05) is 39.0 Å². The third kappa shape index (κ3) is 3.90. The summed E-state index contributed by atoms with van der Waals surface area (Å²) in [7, 11) is 0. The average Bonchev–Trinajstić information content (AvgIpc) is 3.15. The first kappa shape index (κ1) is 17.6. The Morgan fingerprint density at radius 1 is 0.917 bits per heavy atom. The van der Waals surface area contributed by atoms with Crippen LogP contribution in [0.2, 0.25) is 0 Å². The molecule has 0 aliphatic carbocycles. The van der Waals surface area contributed by atoms with Crippen LogP contribution in [0.15, 0.2) is 0 Å². The SMILES string of the molecule is CC(=O)N1CCN(C(=O)C(C)N2CCC(C3OCCO3)CC2)CC1. The molecule has 0 N–H and O–H groups in total. The lowest BCUT2D eigenvalue weighted by molar-refractivity contribution is -0.143. The van der Waals surface area contributed by atoms with Crippen molar-refractivity contribution < 1.29 is 19.1 Å². The fraction of sp³-hybridized carbons (Fsp3) is 0.882. The average molecular weight is 339 g/mol. The van der Waals surface area contributed by atoms with Gasteiger partial charge in [-0.25, -0.2) is 0 Å². The van der Waals surface area contributed by atoms with Crippen LogP contribution in [0, 0.1) is 5.92 Å². The molecule has 0 radical (unpaired) electrons. The molecule has 3 saturated heterocycles. The molecule has 24 heavy (non-hydrogen) atoms. The van der Waals surface area contributed by atoms with Gasteiger partial charge in [-0.2, -0.15) is 0 Å². The zero-order chi connectivity index (χ0) is 17.1. The quantitative estimate of drug-likeness (QED) is 0.732. The van der Waals surface area contributed by atoms with E-state index in [-0.39, 0.29) is 24.1 Å². The summed E-state index contributed by atoms with van der Waals surface area (Å²) >= 11 is 0. The molecule has 3 aliphatic rings. The van der Waals surface area contributed by atoms with Crippen molar-refractivity contribution in [2.45, 2.75) is 39.0 Å². The number of ether oxygens (including phenoxy) is 2. The van der Waals surface area contributed by atoms with E-state index in [2.05, 4.69) is 4.90 Å². The molecule has 2 amide bonds. The number of carbonyl (C=O) groups excluding carboxylic acids is 2. The Morgan fingerprint density at radius 2 is 1.46 bits per heavy atom. The summed E-state index contributed by atoms with van der Waals surface area (Å²) in [4.78, 5) is 30.1. The summed E-state index contributed by atoms with van der Waals surface area (Å²) in [6.07, 6.45) is 1.98. The fourth-order valence-electron chi connectivity index (χ4n) is 3.89. The minimum Gasteiger partial charge on any atom is -0.350 e. The van der Waals surface area contributed by atoms with Crippen LogP contribution in [0.5, 0.6) is 0 Å². The van der Waals surface area contributed by atoms with E-state index in [1.165, 1.54) is 0 Å². The standard InChI is InChI=1S/C17H29N3O4/c1-13(16(22)20-9-7-19(8-10-20)14(2)21)18-5-3-15(4-6-18)17-23-11-12-24-17/h13,15,17H,3-12H2,1-2H3. The zero-order valence-corrected chi connectivity index (χ0v) is 14.8. The van der Waals surface area contributed by atoms with E-state index in [1.54, 1.807) is 6.92 Å². The fourth-order valence-corrected chi connectivity index (χ4v) is 3.89. The first-order valence-corrected chi connectivity index (χ1v) is 9.08. The molecule has 0 aromatic heterocycles. The molecule has 0 aromatic carbocycles. The van der Waals surface area contributed by atoms with Gasteiger partial charge in [-0.15, -0.1) is 0 Å². The summed E-state index contributed by atoms with van der Waals surface area (Å²) in [6, 6.07) is -0.0970. The highest BCUT2D eigenvalue weighted by molar-refractivity contribution is 5.82. The lowest BCUT2D eigenvalue weighted by atomic mass is 9.95. The van der Waals surface area contributed by atoms with Crippen molar-refractivity contribution >= 4 is 11.8 Å². The van der Waals surface area contributed by atoms with Crippen molar-refractivity contribution in [3.8, 4) is 0 Å². The monoisotopic (exact) mass is 339 g/mol. The van der Waals surface area contributed by atoms with Crippen LogP contribution >= 0.6 is 0 Å². The van der Waals surface area contributed by atoms with Crippen LogP contribution in [-0.2, 0) is 19.1 Å². The number of piperidine rings is 1. The summed E-state index contributed by atoms with van der Waals surface area (Å²) in [6.45, 7) is 9.38. The molecule has 1 atom stereocenters. The van der Waals surface area contributed by atoms with Crippen molar-refractivity contribution in [3.05, 3.63) is 0 Å². The van der Waals surface area contributed by atoms with Crippen molar-refractivity contribution in [2.75, 3.05) is 52.5 Å². The van der Waals surface area contributed by atoms with Gasteiger partial charge in [0.2, 0.25) is 11.8 Å². The number of carbonyl (C=O) groups is 2. The van der Waals surface area contributed by atoms with E-state index in [4.69, 9.17) is 9.47 Å². The smallest absolute Gasteiger partial charge is 0.239 e. The molecule has 0 spiro atoms. The Balaban J connectivity index is 1.45. The van der Waals surface area contributed by atoms with Gasteiger partial charge in [0.15, 0.2) is 6.29 Å². The predicted octanol–water partition coefficient (Wildman–Crippen LogP) is 0.151. The van der Waals surface area contributed by atoms with Gasteiger partial charge in [0.1, 0.15) is 0 Å². The maximum atomic E-state index is 12.7. The molecule has 3 aliphatic heterocycles. The molecule has 7 heteroatoms. The second-order valence-electron chi connectivity index (χ2n) is 6.99. The van der Waals surface area contributed by atoms with Crippen LogP contribution in [0.4, 0.5) is 0 Å². The Kier molecular flexibility index (Phi) is 5.73. The van der Waals surface area contributed by atoms with Gasteiger partial charge < -0.3 is 19.3 Å². The van der Waals surface area contributed by atoms with Crippen LogP contribution in [0.1, 0.15) is 26.7 Å². The molecule has 0 aromatic rings. The number of piperazine rings is 1. The van der Waals surface area contributed by atoms with E-state index in [0.29, 0.717) is 45.3 Å². The molecule has 0 bridgehead atoms. The third-order valence-electron chi connectivity index (χ3n) is 5.55. The first-order valence-electron chi connectivity index (χ1n) is 9.08. The van der Waals surface area contributed by atoms with Crippen LogP contribution < -0.4 is 0 Å². The third-order valence-corrected chi connectivity index (χ3v) is 5.55. The molecule has 3 rings (SSSR count). The number of rotatable bonds is 3. The normalized spacial score (nSPS) is 25.9. The molecule has 7 nitrogen and oxygen atoms in total. The molecule has 3 heterocycles.